The largest absolute Gasteiger partial charge is 0.345 e. The van der Waals surface area contributed by atoms with Gasteiger partial charge in [-0.1, -0.05) is 39.8 Å². The van der Waals surface area contributed by atoms with Crippen molar-refractivity contribution in [2.75, 3.05) is 0 Å². The van der Waals surface area contributed by atoms with Crippen LogP contribution in [0.3, 0.4) is 0 Å². The molecule has 0 saturated heterocycles. The van der Waals surface area contributed by atoms with Crippen LogP contribution in [0.4, 0.5) is 0 Å². The molecule has 1 N–H and O–H groups in total. The van der Waals surface area contributed by atoms with E-state index in [-0.39, 0.29) is 0 Å². The highest BCUT2D eigenvalue weighted by Crippen LogP contribution is 2.23. The first-order valence-corrected chi connectivity index (χ1v) is 10.6. The third kappa shape index (κ3) is 4.49. The molecule has 0 unspecified atom stereocenters. The molecular weight excluding hydrogens is 346 g/mol. The number of hydrogen-bond acceptors (Lipinski definition) is 4. The zero-order valence-electron chi connectivity index (χ0n) is 16.7. The number of aromatic amines is 1. The highest BCUT2D eigenvalue weighted by atomic mass is 32.2. The number of aryl methyl sites for hydroxylation is 1. The minimum Gasteiger partial charge on any atom is -0.345 e. The molecule has 26 heavy (non-hydrogen) atoms. The van der Waals surface area contributed by atoms with Crippen LogP contribution in [-0.2, 0) is 9.84 Å². The molecule has 0 aliphatic carbocycles. The summed E-state index contributed by atoms with van der Waals surface area (Å²) in [6.45, 7) is 13.3. The Balaban J connectivity index is 0.000000791. The van der Waals surface area contributed by atoms with Gasteiger partial charge < -0.3 is 4.98 Å². The number of nitrogens with one attached hydrogen (secondary N) is 1. The van der Waals surface area contributed by atoms with Crippen LogP contribution in [0.5, 0.6) is 0 Å². The van der Waals surface area contributed by atoms with E-state index in [1.54, 1.807) is 44.3 Å². The van der Waals surface area contributed by atoms with E-state index in [0.717, 1.165) is 28.0 Å². The van der Waals surface area contributed by atoms with Crippen LogP contribution in [0.25, 0.3) is 22.4 Å². The number of hydrogen-bond donors (Lipinski definition) is 1. The van der Waals surface area contributed by atoms with Crippen LogP contribution in [0.2, 0.25) is 0 Å². The first-order valence-electron chi connectivity index (χ1n) is 9.04. The number of benzene rings is 1. The fraction of sp³-hybridized carbons (Fsp3) is 0.400. The highest BCUT2D eigenvalue weighted by Gasteiger charge is 2.19. The molecule has 0 spiro atoms. The van der Waals surface area contributed by atoms with Crippen molar-refractivity contribution >= 4 is 21.0 Å². The van der Waals surface area contributed by atoms with Crippen LogP contribution < -0.4 is 0 Å². The second-order valence-corrected chi connectivity index (χ2v) is 8.05. The van der Waals surface area contributed by atoms with Crippen LogP contribution in [0.15, 0.2) is 41.6 Å². The monoisotopic (exact) mass is 375 g/mol. The summed E-state index contributed by atoms with van der Waals surface area (Å²) in [4.78, 5) is 12.3. The first-order chi connectivity index (χ1) is 12.4. The molecule has 0 amide bonds. The van der Waals surface area contributed by atoms with Gasteiger partial charge >= 0.3 is 0 Å². The van der Waals surface area contributed by atoms with E-state index in [9.17, 15) is 8.42 Å². The van der Waals surface area contributed by atoms with Gasteiger partial charge in [-0.3, -0.25) is 0 Å². The SMILES string of the molecule is CC.CC.Cc1c[nH]c2ncc(-c3ccc(S(=O)(=O)C(C)C)cc3)nc12. The molecule has 3 rings (SSSR count). The summed E-state index contributed by atoms with van der Waals surface area (Å²) in [5.74, 6) is 0. The minimum atomic E-state index is -3.25. The van der Waals surface area contributed by atoms with E-state index in [0.29, 0.717) is 4.90 Å². The van der Waals surface area contributed by atoms with Crippen LogP contribution in [0.1, 0.15) is 47.1 Å². The molecule has 0 fully saturated rings. The van der Waals surface area contributed by atoms with Crippen LogP contribution >= 0.6 is 0 Å². The summed E-state index contributed by atoms with van der Waals surface area (Å²) in [5, 5.41) is -0.433. The second-order valence-electron chi connectivity index (χ2n) is 5.54. The minimum absolute atomic E-state index is 0.332. The zero-order chi connectivity index (χ0) is 19.9. The Morgan fingerprint density at radius 1 is 1.00 bits per heavy atom. The molecule has 0 atom stereocenters. The number of sulfone groups is 1. The molecule has 2 aromatic heterocycles. The highest BCUT2D eigenvalue weighted by molar-refractivity contribution is 7.92. The molecule has 6 heteroatoms. The maximum Gasteiger partial charge on any atom is 0.180 e. The summed E-state index contributed by atoms with van der Waals surface area (Å²) < 4.78 is 24.3. The molecule has 3 aromatic rings. The van der Waals surface area contributed by atoms with Gasteiger partial charge in [0.1, 0.15) is 5.52 Å². The smallest absolute Gasteiger partial charge is 0.180 e. The number of fused-ring (bicyclic) bond motifs is 1. The van der Waals surface area contributed by atoms with Crippen molar-refractivity contribution in [3.8, 4) is 11.3 Å². The molecule has 0 aliphatic rings. The predicted octanol–water partition coefficient (Wildman–Crippen LogP) is 5.17. The maximum absolute atomic E-state index is 12.1. The molecule has 0 aliphatic heterocycles. The van der Waals surface area contributed by atoms with Crippen molar-refractivity contribution in [2.45, 2.75) is 58.6 Å². The second kappa shape index (κ2) is 9.48. The molecule has 0 radical (unpaired) electrons. The lowest BCUT2D eigenvalue weighted by molar-refractivity contribution is 0.587. The Labute approximate surface area is 156 Å². The average molecular weight is 376 g/mol. The third-order valence-corrected chi connectivity index (χ3v) is 5.84. The lowest BCUT2D eigenvalue weighted by Gasteiger charge is -2.08. The first kappa shape index (κ1) is 21.8. The van der Waals surface area contributed by atoms with Gasteiger partial charge in [-0.2, -0.15) is 0 Å². The maximum atomic E-state index is 12.1. The van der Waals surface area contributed by atoms with Crippen molar-refractivity contribution in [2.24, 2.45) is 0 Å². The van der Waals surface area contributed by atoms with E-state index in [2.05, 4.69) is 15.0 Å². The lowest BCUT2D eigenvalue weighted by Crippen LogP contribution is -2.13. The van der Waals surface area contributed by atoms with Crippen molar-refractivity contribution in [1.82, 2.24) is 15.0 Å². The van der Waals surface area contributed by atoms with E-state index in [1.807, 2.05) is 40.8 Å². The molecule has 142 valence electrons. The summed E-state index contributed by atoms with van der Waals surface area (Å²) >= 11 is 0. The van der Waals surface area contributed by atoms with Crippen molar-refractivity contribution in [3.05, 3.63) is 42.2 Å². The number of rotatable bonds is 3. The Bertz CT molecular complexity index is 927. The fourth-order valence-corrected chi connectivity index (χ4v) is 3.30. The van der Waals surface area contributed by atoms with Gasteiger partial charge in [0, 0.05) is 11.8 Å². The molecule has 2 heterocycles. The normalized spacial score (nSPS) is 10.8. The van der Waals surface area contributed by atoms with Crippen LogP contribution in [0, 0.1) is 6.92 Å². The summed E-state index contributed by atoms with van der Waals surface area (Å²) in [7, 11) is -3.25. The topological polar surface area (TPSA) is 75.7 Å². The zero-order valence-corrected chi connectivity index (χ0v) is 17.5. The van der Waals surface area contributed by atoms with Gasteiger partial charge in [-0.05, 0) is 38.5 Å². The van der Waals surface area contributed by atoms with Crippen molar-refractivity contribution in [3.63, 3.8) is 0 Å². The molecule has 0 bridgehead atoms. The van der Waals surface area contributed by atoms with Crippen molar-refractivity contribution < 1.29 is 8.42 Å². The Kier molecular flexibility index (Phi) is 7.96. The molecule has 1 aromatic carbocycles. The average Bonchev–Trinajstić information content (AvgIpc) is 3.05. The third-order valence-electron chi connectivity index (χ3n) is 3.67. The summed E-state index contributed by atoms with van der Waals surface area (Å²) in [6, 6.07) is 6.79. The van der Waals surface area contributed by atoms with Gasteiger partial charge in [-0.15, -0.1) is 0 Å². The number of aromatic nitrogens is 3. The van der Waals surface area contributed by atoms with E-state index >= 15 is 0 Å². The van der Waals surface area contributed by atoms with Gasteiger partial charge in [-0.25, -0.2) is 18.4 Å². The van der Waals surface area contributed by atoms with Gasteiger partial charge in [0.25, 0.3) is 0 Å². The Morgan fingerprint density at radius 2 is 1.58 bits per heavy atom. The van der Waals surface area contributed by atoms with Gasteiger partial charge in [0.15, 0.2) is 15.5 Å². The Morgan fingerprint density at radius 3 is 2.12 bits per heavy atom. The number of nitrogens with zero attached hydrogens (tertiary/aromatic N) is 2. The van der Waals surface area contributed by atoms with E-state index < -0.39 is 15.1 Å². The standard InChI is InChI=1S/C16H17N3O2S.2C2H6/c1-10(2)22(20,21)13-6-4-12(5-7-13)14-9-18-16-15(19-14)11(3)8-17-16;2*1-2/h4-10H,1-3H3,(H,17,18);2*1-2H3. The molecule has 0 saturated carbocycles. The van der Waals surface area contributed by atoms with Gasteiger partial charge in [0.05, 0.1) is 22.0 Å². The predicted molar refractivity (Wildman–Crippen MR) is 109 cm³/mol. The fourth-order valence-electron chi connectivity index (χ4n) is 2.24. The van der Waals surface area contributed by atoms with E-state index in [1.165, 1.54) is 0 Å². The van der Waals surface area contributed by atoms with Gasteiger partial charge in [0.2, 0.25) is 0 Å². The van der Waals surface area contributed by atoms with Crippen molar-refractivity contribution in [1.29, 1.82) is 0 Å². The Hall–Kier alpha value is -2.21. The number of H-pyrrole nitrogens is 1. The van der Waals surface area contributed by atoms with Crippen LogP contribution in [-0.4, -0.2) is 28.6 Å². The quantitative estimate of drug-likeness (QED) is 0.685. The van der Waals surface area contributed by atoms with E-state index in [4.69, 9.17) is 0 Å². The molecule has 5 nitrogen and oxygen atoms in total. The lowest BCUT2D eigenvalue weighted by atomic mass is 10.1. The summed E-state index contributed by atoms with van der Waals surface area (Å²) in [6.07, 6.45) is 3.55. The summed E-state index contributed by atoms with van der Waals surface area (Å²) in [5.41, 5.74) is 4.18. The molecular formula is C20H29N3O2S.